The summed E-state index contributed by atoms with van der Waals surface area (Å²) >= 11 is 0. The third-order valence-corrected chi connectivity index (χ3v) is 6.34. The minimum absolute atomic E-state index is 0.163. The Hall–Kier alpha value is -2.88. The van der Waals surface area contributed by atoms with E-state index in [4.69, 9.17) is 0 Å². The van der Waals surface area contributed by atoms with Gasteiger partial charge in [0.1, 0.15) is 21.9 Å². The summed E-state index contributed by atoms with van der Waals surface area (Å²) in [7, 11) is -4.19. The molecule has 0 saturated heterocycles. The van der Waals surface area contributed by atoms with Gasteiger partial charge in [0.05, 0.1) is 5.69 Å². The van der Waals surface area contributed by atoms with Gasteiger partial charge in [-0.2, -0.15) is 13.5 Å². The number of benzene rings is 1. The molecule has 0 aliphatic carbocycles. The van der Waals surface area contributed by atoms with Crippen molar-refractivity contribution in [1.82, 2.24) is 9.78 Å². The molecular weight excluding hydrogens is 420 g/mol. The lowest BCUT2D eigenvalue weighted by atomic mass is 10.0. The molecule has 0 amide bonds. The summed E-state index contributed by atoms with van der Waals surface area (Å²) in [6, 6.07) is 3.79. The van der Waals surface area contributed by atoms with Crippen LogP contribution in [-0.2, 0) is 23.0 Å². The summed E-state index contributed by atoms with van der Waals surface area (Å²) in [4.78, 5) is 13.0. The van der Waals surface area contributed by atoms with Gasteiger partial charge < -0.3 is 15.5 Å². The Morgan fingerprint density at radius 3 is 2.42 bits per heavy atom. The first-order valence-electron chi connectivity index (χ1n) is 10.3. The van der Waals surface area contributed by atoms with Crippen LogP contribution < -0.4 is 10.9 Å². The number of aromatic nitrogens is 2. The lowest BCUT2D eigenvalue weighted by molar-refractivity contribution is 0.423. The monoisotopic (exact) mass is 448 g/mol. The number of hydrogen-bond acceptors (Lipinski definition) is 7. The van der Waals surface area contributed by atoms with Crippen molar-refractivity contribution in [3.05, 3.63) is 39.8 Å². The maximum absolute atomic E-state index is 13.2. The summed E-state index contributed by atoms with van der Waals surface area (Å²) in [5, 5.41) is 27.7. The number of phenols is 1. The molecule has 0 radical (unpaired) electrons. The number of sulfonamides is 1. The molecule has 0 atom stereocenters. The second-order valence-electron chi connectivity index (χ2n) is 8.53. The average molecular weight is 449 g/mol. The molecule has 0 saturated carbocycles. The van der Waals surface area contributed by atoms with Crippen molar-refractivity contribution < 1.29 is 18.6 Å². The first-order chi connectivity index (χ1) is 14.5. The minimum atomic E-state index is -4.19. The fourth-order valence-corrected chi connectivity index (χ4v) is 4.35. The first-order valence-corrected chi connectivity index (χ1v) is 11.7. The molecule has 2 heterocycles. The van der Waals surface area contributed by atoms with E-state index in [0.29, 0.717) is 36.9 Å². The van der Waals surface area contributed by atoms with Crippen molar-refractivity contribution in [3.8, 4) is 11.5 Å². The lowest BCUT2D eigenvalue weighted by Crippen LogP contribution is -2.34. The minimum Gasteiger partial charge on any atom is -0.508 e. The second kappa shape index (κ2) is 8.70. The van der Waals surface area contributed by atoms with Crippen LogP contribution in [0.2, 0.25) is 0 Å². The van der Waals surface area contributed by atoms with Gasteiger partial charge >= 0.3 is 0 Å². The summed E-state index contributed by atoms with van der Waals surface area (Å²) in [5.41, 5.74) is -0.351. The highest BCUT2D eigenvalue weighted by Crippen LogP contribution is 2.32. The first kappa shape index (κ1) is 22.8. The Morgan fingerprint density at radius 2 is 1.77 bits per heavy atom. The molecule has 0 spiro atoms. The number of hydrogen-bond donors (Lipinski definition) is 3. The van der Waals surface area contributed by atoms with E-state index in [2.05, 4.69) is 14.8 Å². The predicted octanol–water partition coefficient (Wildman–Crippen LogP) is 2.85. The van der Waals surface area contributed by atoms with Crippen LogP contribution in [-0.4, -0.2) is 34.2 Å². The van der Waals surface area contributed by atoms with Crippen LogP contribution in [0.1, 0.15) is 51.8 Å². The van der Waals surface area contributed by atoms with E-state index in [9.17, 15) is 23.4 Å². The number of nitrogens with one attached hydrogen (secondary N) is 1. The number of rotatable bonds is 7. The topological polar surface area (TPSA) is 134 Å². The molecule has 2 aromatic rings. The normalized spacial score (nSPS) is 15.0. The lowest BCUT2D eigenvalue weighted by Gasteiger charge is -2.20. The molecule has 10 heteroatoms. The number of aromatic hydroxyl groups is 2. The van der Waals surface area contributed by atoms with Crippen molar-refractivity contribution >= 4 is 21.5 Å². The third kappa shape index (κ3) is 4.90. The van der Waals surface area contributed by atoms with E-state index in [1.807, 2.05) is 27.7 Å². The molecule has 0 unspecified atom stereocenters. The highest BCUT2D eigenvalue weighted by atomic mass is 32.2. The standard InChI is InChI=1S/C21H28N4O5S/c1-12(2)5-7-16-19(27)18(21(28)25(23-16)10-9-13(3)4)20-22-15-8-6-14(26)11-17(15)31(29,30)24-20/h6,8,11-13,26-27H,5,7,9-10H2,1-4H3,(H,22,24). The molecule has 1 aromatic carbocycles. The number of fused-ring (bicyclic) bond motifs is 1. The van der Waals surface area contributed by atoms with Gasteiger partial charge in [0.15, 0.2) is 11.6 Å². The van der Waals surface area contributed by atoms with Crippen molar-refractivity contribution in [2.45, 2.75) is 58.4 Å². The Labute approximate surface area is 181 Å². The van der Waals surface area contributed by atoms with Crippen molar-refractivity contribution in [3.63, 3.8) is 0 Å². The molecule has 168 valence electrons. The zero-order valence-electron chi connectivity index (χ0n) is 18.1. The fourth-order valence-electron chi connectivity index (χ4n) is 3.21. The Bertz CT molecular complexity index is 1180. The predicted molar refractivity (Wildman–Crippen MR) is 118 cm³/mol. The highest BCUT2D eigenvalue weighted by Gasteiger charge is 2.30. The van der Waals surface area contributed by atoms with Gasteiger partial charge in [-0.3, -0.25) is 4.79 Å². The second-order valence-corrected chi connectivity index (χ2v) is 10.1. The van der Waals surface area contributed by atoms with Gasteiger partial charge in [0.25, 0.3) is 15.6 Å². The number of aryl methyl sites for hydroxylation is 2. The molecule has 3 N–H and O–H groups in total. The van der Waals surface area contributed by atoms with Crippen LogP contribution in [0.15, 0.2) is 32.3 Å². The van der Waals surface area contributed by atoms with Crippen LogP contribution >= 0.6 is 0 Å². The van der Waals surface area contributed by atoms with Crippen molar-refractivity contribution in [2.24, 2.45) is 16.2 Å². The van der Waals surface area contributed by atoms with Crippen LogP contribution in [0.25, 0.3) is 0 Å². The molecule has 1 aromatic heterocycles. The summed E-state index contributed by atoms with van der Waals surface area (Å²) < 4.78 is 30.4. The fraction of sp³-hybridized carbons (Fsp3) is 0.476. The molecule has 31 heavy (non-hydrogen) atoms. The summed E-state index contributed by atoms with van der Waals surface area (Å²) in [6.45, 7) is 8.47. The molecule has 1 aliphatic heterocycles. The van der Waals surface area contributed by atoms with E-state index in [0.717, 1.165) is 12.5 Å². The maximum atomic E-state index is 13.2. The SMILES string of the molecule is CC(C)CCc1nn(CCC(C)C)c(=O)c(C2=NS(=O)(=O)c3cc(O)ccc3N2)c1O. The van der Waals surface area contributed by atoms with E-state index in [1.54, 1.807) is 0 Å². The number of nitrogens with zero attached hydrogens (tertiary/aromatic N) is 3. The molecule has 0 bridgehead atoms. The van der Waals surface area contributed by atoms with Crippen LogP contribution in [0, 0.1) is 11.8 Å². The van der Waals surface area contributed by atoms with Gasteiger partial charge in [-0.15, -0.1) is 4.40 Å². The average Bonchev–Trinajstić information content (AvgIpc) is 2.66. The van der Waals surface area contributed by atoms with Crippen LogP contribution in [0.3, 0.4) is 0 Å². The third-order valence-electron chi connectivity index (χ3n) is 5.02. The van der Waals surface area contributed by atoms with Crippen molar-refractivity contribution in [2.75, 3.05) is 5.32 Å². The van der Waals surface area contributed by atoms with Gasteiger partial charge in [0, 0.05) is 12.6 Å². The Kier molecular flexibility index (Phi) is 6.40. The number of anilines is 1. The maximum Gasteiger partial charge on any atom is 0.286 e. The molecular formula is C21H28N4O5S. The zero-order chi connectivity index (χ0) is 22.9. The Balaban J connectivity index is 2.16. The summed E-state index contributed by atoms with van der Waals surface area (Å²) in [6.07, 6.45) is 1.87. The largest absolute Gasteiger partial charge is 0.508 e. The van der Waals surface area contributed by atoms with E-state index < -0.39 is 15.6 Å². The van der Waals surface area contributed by atoms with Crippen LogP contribution in [0.4, 0.5) is 5.69 Å². The van der Waals surface area contributed by atoms with Gasteiger partial charge in [-0.25, -0.2) is 4.68 Å². The van der Waals surface area contributed by atoms with E-state index in [-0.39, 0.29) is 33.5 Å². The highest BCUT2D eigenvalue weighted by molar-refractivity contribution is 7.90. The number of phenolic OH excluding ortho intramolecular Hbond substituents is 1. The van der Waals surface area contributed by atoms with Gasteiger partial charge in [-0.05, 0) is 43.2 Å². The molecule has 9 nitrogen and oxygen atoms in total. The quantitative estimate of drug-likeness (QED) is 0.555. The smallest absolute Gasteiger partial charge is 0.286 e. The Morgan fingerprint density at radius 1 is 1.10 bits per heavy atom. The van der Waals surface area contributed by atoms with Gasteiger partial charge in [-0.1, -0.05) is 27.7 Å². The van der Waals surface area contributed by atoms with Crippen LogP contribution in [0.5, 0.6) is 11.5 Å². The number of amidine groups is 1. The molecule has 1 aliphatic rings. The zero-order valence-corrected chi connectivity index (χ0v) is 18.9. The van der Waals surface area contributed by atoms with Crippen molar-refractivity contribution in [1.29, 1.82) is 0 Å². The van der Waals surface area contributed by atoms with E-state index >= 15 is 0 Å². The molecule has 0 fully saturated rings. The van der Waals surface area contributed by atoms with Gasteiger partial charge in [0.2, 0.25) is 0 Å². The summed E-state index contributed by atoms with van der Waals surface area (Å²) in [5.74, 6) is -0.162. The van der Waals surface area contributed by atoms with E-state index in [1.165, 1.54) is 16.8 Å². The molecule has 3 rings (SSSR count).